The van der Waals surface area contributed by atoms with E-state index in [0.29, 0.717) is 0 Å². The maximum atomic E-state index is 13.0. The minimum absolute atomic E-state index is 0.0755. The molecule has 4 amide bonds. The van der Waals surface area contributed by atoms with Gasteiger partial charge in [0.05, 0.1) is 18.3 Å². The number of nitrogens with two attached hydrogens (primary N) is 1. The van der Waals surface area contributed by atoms with Crippen LogP contribution in [0.15, 0.2) is 54.6 Å². The van der Waals surface area contributed by atoms with Crippen LogP contribution >= 0.6 is 0 Å². The molecular formula is C28H39N5O7S. The third kappa shape index (κ3) is 12.0. The Morgan fingerprint density at radius 3 is 2.12 bits per heavy atom. The lowest BCUT2D eigenvalue weighted by Gasteiger charge is -2.28. The number of nitrogens with zero attached hydrogens (tertiary/aromatic N) is 1. The van der Waals surface area contributed by atoms with E-state index in [4.69, 9.17) is 5.73 Å². The zero-order chi connectivity index (χ0) is 30.6. The first kappa shape index (κ1) is 33.2. The van der Waals surface area contributed by atoms with E-state index in [1.807, 2.05) is 30.3 Å². The molecule has 0 unspecified atom stereocenters. The summed E-state index contributed by atoms with van der Waals surface area (Å²) < 4.78 is 22.7. The highest BCUT2D eigenvalue weighted by molar-refractivity contribution is 7.90. The molecule has 0 fully saturated rings. The quantitative estimate of drug-likeness (QED) is 0.172. The van der Waals surface area contributed by atoms with Gasteiger partial charge in [0.15, 0.2) is 0 Å². The van der Waals surface area contributed by atoms with Gasteiger partial charge in [-0.3, -0.25) is 19.2 Å². The first-order valence-electron chi connectivity index (χ1n) is 13.1. The van der Waals surface area contributed by atoms with Crippen LogP contribution < -0.4 is 21.7 Å². The fourth-order valence-corrected chi connectivity index (χ4v) is 4.55. The van der Waals surface area contributed by atoms with E-state index in [-0.39, 0.29) is 37.3 Å². The summed E-state index contributed by atoms with van der Waals surface area (Å²) in [6.07, 6.45) is 1.76. The number of amides is 4. The molecule has 41 heavy (non-hydrogen) atoms. The van der Waals surface area contributed by atoms with E-state index < -0.39 is 58.1 Å². The van der Waals surface area contributed by atoms with Crippen molar-refractivity contribution >= 4 is 33.5 Å². The lowest BCUT2D eigenvalue weighted by molar-refractivity contribution is -0.139. The lowest BCUT2D eigenvalue weighted by Crippen LogP contribution is -2.54. The molecule has 13 heteroatoms. The second-order valence-corrected chi connectivity index (χ2v) is 12.2. The van der Waals surface area contributed by atoms with E-state index in [9.17, 15) is 32.7 Å². The normalized spacial score (nSPS) is 13.4. The monoisotopic (exact) mass is 589 g/mol. The fraction of sp³-hybridized carbons (Fsp3) is 0.429. The van der Waals surface area contributed by atoms with E-state index >= 15 is 0 Å². The number of nitrogens with one attached hydrogen (secondary N) is 3. The maximum Gasteiger partial charge on any atom is 0.243 e. The van der Waals surface area contributed by atoms with Crippen LogP contribution in [0.2, 0.25) is 0 Å². The van der Waals surface area contributed by atoms with Crippen LogP contribution in [-0.4, -0.2) is 92.3 Å². The predicted molar refractivity (Wildman–Crippen MR) is 154 cm³/mol. The predicted octanol–water partition coefficient (Wildman–Crippen LogP) is -0.496. The molecule has 6 N–H and O–H groups in total. The summed E-state index contributed by atoms with van der Waals surface area (Å²) in [5.41, 5.74) is 7.50. The number of likely N-dealkylation sites (N-methyl/N-ethyl adjacent to an activating group) is 1. The third-order valence-electron chi connectivity index (χ3n) is 6.32. The van der Waals surface area contributed by atoms with Crippen molar-refractivity contribution in [1.29, 1.82) is 0 Å². The maximum absolute atomic E-state index is 13.0. The van der Waals surface area contributed by atoms with Crippen molar-refractivity contribution in [3.05, 3.63) is 65.7 Å². The number of hydrogen-bond acceptors (Lipinski definition) is 8. The second kappa shape index (κ2) is 15.7. The van der Waals surface area contributed by atoms with Crippen LogP contribution in [0.5, 0.6) is 5.75 Å². The van der Waals surface area contributed by atoms with Crippen LogP contribution in [0, 0.1) is 0 Å². The van der Waals surface area contributed by atoms with Gasteiger partial charge in [0, 0.05) is 26.3 Å². The topological polar surface area (TPSA) is 188 Å². The van der Waals surface area contributed by atoms with Gasteiger partial charge in [-0.15, -0.1) is 0 Å². The van der Waals surface area contributed by atoms with Crippen LogP contribution in [0.25, 0.3) is 0 Å². The Bertz CT molecular complexity index is 1290. The van der Waals surface area contributed by atoms with Crippen LogP contribution in [0.3, 0.4) is 0 Å². The fourth-order valence-electron chi connectivity index (χ4n) is 3.89. The SMILES string of the molecule is C[C@@H](NC(=O)[C@@H](N)Cc1ccc(O)cc1)C(=O)NCC(=O)N(C)[C@@H](Cc1ccccc1)C(=O)NCCCS(C)(=O)=O. The molecule has 0 bridgehead atoms. The van der Waals surface area contributed by atoms with Gasteiger partial charge in [0.2, 0.25) is 23.6 Å². The van der Waals surface area contributed by atoms with Gasteiger partial charge in [0.1, 0.15) is 27.7 Å². The third-order valence-corrected chi connectivity index (χ3v) is 7.35. The minimum Gasteiger partial charge on any atom is -0.508 e. The standard InChI is InChI=1S/C28H39N5O7S/c1-19(32-27(37)23(29)16-21-10-12-22(34)13-11-21)26(36)31-18-25(35)33(2)24(17-20-8-5-4-6-9-20)28(38)30-14-7-15-41(3,39)40/h4-6,8-13,19,23-24,34H,7,14-18,29H2,1-3H3,(H,30,38)(H,31,36)(H,32,37)/t19-,23+,24+/m1/s1. The van der Waals surface area contributed by atoms with Gasteiger partial charge in [-0.25, -0.2) is 8.42 Å². The highest BCUT2D eigenvalue weighted by Gasteiger charge is 2.28. The molecule has 12 nitrogen and oxygen atoms in total. The van der Waals surface area contributed by atoms with Crippen molar-refractivity contribution in [1.82, 2.24) is 20.9 Å². The lowest BCUT2D eigenvalue weighted by atomic mass is 10.0. The van der Waals surface area contributed by atoms with E-state index in [2.05, 4.69) is 16.0 Å². The molecular weight excluding hydrogens is 550 g/mol. The highest BCUT2D eigenvalue weighted by Crippen LogP contribution is 2.11. The summed E-state index contributed by atoms with van der Waals surface area (Å²) in [5.74, 6) is -2.13. The molecule has 2 rings (SSSR count). The molecule has 224 valence electrons. The van der Waals surface area contributed by atoms with E-state index in [1.165, 1.54) is 31.0 Å². The molecule has 0 heterocycles. The van der Waals surface area contributed by atoms with Crippen molar-refractivity contribution in [3.8, 4) is 5.75 Å². The minimum atomic E-state index is -3.17. The van der Waals surface area contributed by atoms with Gasteiger partial charge < -0.3 is 31.7 Å². The first-order chi connectivity index (χ1) is 19.3. The summed E-state index contributed by atoms with van der Waals surface area (Å²) in [7, 11) is -1.72. The summed E-state index contributed by atoms with van der Waals surface area (Å²) >= 11 is 0. The number of sulfone groups is 1. The summed E-state index contributed by atoms with van der Waals surface area (Å²) in [5, 5.41) is 17.1. The van der Waals surface area contributed by atoms with Crippen molar-refractivity contribution in [3.63, 3.8) is 0 Å². The molecule has 0 aliphatic rings. The number of phenolic OH excluding ortho intramolecular Hbond substituents is 1. The summed E-state index contributed by atoms with van der Waals surface area (Å²) in [6.45, 7) is 1.17. The molecule has 0 aliphatic carbocycles. The zero-order valence-corrected chi connectivity index (χ0v) is 24.3. The Balaban J connectivity index is 1.92. The number of carbonyl (C=O) groups excluding carboxylic acids is 4. The van der Waals surface area contributed by atoms with Crippen molar-refractivity contribution < 1.29 is 32.7 Å². The molecule has 2 aromatic carbocycles. The molecule has 0 aromatic heterocycles. The number of rotatable bonds is 15. The Morgan fingerprint density at radius 2 is 1.51 bits per heavy atom. The molecule has 0 spiro atoms. The average Bonchev–Trinajstić information content (AvgIpc) is 2.93. The number of phenols is 1. The van der Waals surface area contributed by atoms with Gasteiger partial charge >= 0.3 is 0 Å². The number of carbonyl (C=O) groups is 4. The van der Waals surface area contributed by atoms with E-state index in [1.54, 1.807) is 12.1 Å². The van der Waals surface area contributed by atoms with E-state index in [0.717, 1.165) is 17.4 Å². The Kier molecular flexibility index (Phi) is 12.7. The van der Waals surface area contributed by atoms with Crippen LogP contribution in [-0.2, 0) is 41.9 Å². The molecule has 0 aliphatic heterocycles. The Morgan fingerprint density at radius 1 is 0.902 bits per heavy atom. The summed E-state index contributed by atoms with van der Waals surface area (Å²) in [4.78, 5) is 52.2. The molecule has 0 saturated carbocycles. The Hall–Kier alpha value is -3.97. The second-order valence-electron chi connectivity index (χ2n) is 9.91. The number of benzene rings is 2. The van der Waals surface area contributed by atoms with Gasteiger partial charge in [-0.2, -0.15) is 0 Å². The van der Waals surface area contributed by atoms with Crippen molar-refractivity contribution in [2.75, 3.05) is 32.1 Å². The Labute approximate surface area is 240 Å². The molecule has 0 radical (unpaired) electrons. The summed E-state index contributed by atoms with van der Waals surface area (Å²) in [6, 6.07) is 12.5. The molecule has 0 saturated heterocycles. The smallest absolute Gasteiger partial charge is 0.243 e. The van der Waals surface area contributed by atoms with Crippen LogP contribution in [0.1, 0.15) is 24.5 Å². The molecule has 2 aromatic rings. The van der Waals surface area contributed by atoms with Gasteiger partial charge in [0.25, 0.3) is 0 Å². The first-order valence-corrected chi connectivity index (χ1v) is 15.2. The number of hydrogen-bond donors (Lipinski definition) is 5. The van der Waals surface area contributed by atoms with Crippen molar-refractivity contribution in [2.45, 2.75) is 44.3 Å². The van der Waals surface area contributed by atoms with Gasteiger partial charge in [-0.1, -0.05) is 42.5 Å². The average molecular weight is 590 g/mol. The highest BCUT2D eigenvalue weighted by atomic mass is 32.2. The van der Waals surface area contributed by atoms with Crippen LogP contribution in [0.4, 0.5) is 0 Å². The van der Waals surface area contributed by atoms with Crippen molar-refractivity contribution in [2.24, 2.45) is 5.73 Å². The zero-order valence-electron chi connectivity index (χ0n) is 23.5. The number of aromatic hydroxyl groups is 1. The largest absolute Gasteiger partial charge is 0.508 e. The molecule has 3 atom stereocenters. The van der Waals surface area contributed by atoms with Gasteiger partial charge in [-0.05, 0) is 43.0 Å².